The number of nitrogens with one attached hydrogen (secondary N) is 1. The summed E-state index contributed by atoms with van der Waals surface area (Å²) in [5.41, 5.74) is -1.31. The van der Waals surface area contributed by atoms with Crippen molar-refractivity contribution >= 4 is 33.8 Å². The minimum atomic E-state index is -1.31. The molecular weight excluding hydrogens is 323 g/mol. The molecule has 0 fully saturated rings. The second-order valence-electron chi connectivity index (χ2n) is 4.53. The quantitative estimate of drug-likeness (QED) is 0.634. The van der Waals surface area contributed by atoms with Gasteiger partial charge in [0.1, 0.15) is 0 Å². The minimum absolute atomic E-state index is 0. The predicted molar refractivity (Wildman–Crippen MR) is 70.2 cm³/mol. The van der Waals surface area contributed by atoms with Gasteiger partial charge >= 0.3 is 35.6 Å². The Morgan fingerprint density at radius 2 is 2.16 bits per heavy atom. The molecule has 5 nitrogen and oxygen atoms in total. The van der Waals surface area contributed by atoms with Crippen molar-refractivity contribution in [1.29, 1.82) is 0 Å². The number of imide groups is 1. The van der Waals surface area contributed by atoms with Crippen LogP contribution in [0.4, 0.5) is 4.79 Å². The van der Waals surface area contributed by atoms with E-state index in [0.717, 1.165) is 6.42 Å². The Morgan fingerprint density at radius 3 is 2.58 bits per heavy atom. The maximum absolute atomic E-state index is 12.1. The van der Waals surface area contributed by atoms with Gasteiger partial charge in [-0.3, -0.25) is 10.1 Å². The zero-order valence-electron chi connectivity index (χ0n) is 11.5. The van der Waals surface area contributed by atoms with Gasteiger partial charge in [0, 0.05) is 0 Å². The molecule has 0 saturated carbocycles. The molecule has 0 spiro atoms. The molecule has 0 bridgehead atoms. The average molecular weight is 339 g/mol. The van der Waals surface area contributed by atoms with E-state index in [-0.39, 0.29) is 41.9 Å². The molecule has 3 amide bonds. The number of carbonyl (C=O) groups excluding carboxylic acids is 2. The molecule has 1 heterocycles. The molecule has 2 unspecified atom stereocenters. The van der Waals surface area contributed by atoms with Crippen molar-refractivity contribution in [2.75, 3.05) is 0 Å². The predicted octanol–water partition coefficient (Wildman–Crippen LogP) is -1.28. The summed E-state index contributed by atoms with van der Waals surface area (Å²) in [5, 5.41) is 14.2. The molecule has 0 aromatic rings. The number of aliphatic imine (C=N–C) groups is 1. The van der Waals surface area contributed by atoms with Crippen LogP contribution in [0.15, 0.2) is 16.1 Å². The van der Waals surface area contributed by atoms with E-state index in [1.807, 2.05) is 13.8 Å². The van der Waals surface area contributed by atoms with Gasteiger partial charge < -0.3 is 5.11 Å². The third kappa shape index (κ3) is 3.90. The van der Waals surface area contributed by atoms with Gasteiger partial charge in [0.2, 0.25) is 5.91 Å². The van der Waals surface area contributed by atoms with E-state index in [1.165, 1.54) is 0 Å². The molecule has 1 rings (SSSR count). The van der Waals surface area contributed by atoms with Crippen LogP contribution in [0, 0.1) is 11.3 Å². The van der Waals surface area contributed by atoms with Gasteiger partial charge in [-0.05, 0) is 29.1 Å². The molecule has 0 aromatic heterocycles. The number of carbonyl (C=O) groups is 2. The van der Waals surface area contributed by atoms with E-state index in [0.29, 0.717) is 10.9 Å². The summed E-state index contributed by atoms with van der Waals surface area (Å²) < 4.78 is 0.540. The van der Waals surface area contributed by atoms with Crippen molar-refractivity contribution in [3.05, 3.63) is 11.1 Å². The number of amides is 3. The summed E-state index contributed by atoms with van der Waals surface area (Å²) >= 11 is 3.18. The topological polar surface area (TPSA) is 81.6 Å². The Balaban J connectivity index is 0.00000324. The molecule has 1 N–H and O–H groups in total. The molecule has 0 aliphatic carbocycles. The zero-order valence-corrected chi connectivity index (χ0v) is 15.0. The minimum Gasteiger partial charge on any atom is -0.861 e. The zero-order chi connectivity index (χ0) is 13.9. The van der Waals surface area contributed by atoms with E-state index in [9.17, 15) is 14.7 Å². The monoisotopic (exact) mass is 338 g/mol. The van der Waals surface area contributed by atoms with Gasteiger partial charge in [-0.25, -0.2) is 9.79 Å². The van der Waals surface area contributed by atoms with Crippen LogP contribution >= 0.6 is 15.9 Å². The number of allylic oxidation sites excluding steroid dienone is 1. The second kappa shape index (κ2) is 7.57. The molecular formula is C12H16BrN2NaO3. The van der Waals surface area contributed by atoms with Gasteiger partial charge in [-0.2, -0.15) is 0 Å². The normalized spacial score (nSPS) is 24.1. The Bertz CT molecular complexity index is 425. The van der Waals surface area contributed by atoms with E-state index >= 15 is 0 Å². The first kappa shape index (κ1) is 18.8. The van der Waals surface area contributed by atoms with Gasteiger partial charge in [0.15, 0.2) is 0 Å². The number of rotatable bonds is 5. The maximum atomic E-state index is 12.1. The van der Waals surface area contributed by atoms with Crippen LogP contribution in [0.2, 0.25) is 0 Å². The molecule has 0 radical (unpaired) electrons. The van der Waals surface area contributed by atoms with Crippen LogP contribution in [-0.4, -0.2) is 17.8 Å². The summed E-state index contributed by atoms with van der Waals surface area (Å²) in [5.74, 6) is -1.45. The van der Waals surface area contributed by atoms with Gasteiger partial charge in [0.05, 0.1) is 5.41 Å². The van der Waals surface area contributed by atoms with Crippen molar-refractivity contribution in [2.24, 2.45) is 16.3 Å². The number of urea groups is 1. The Labute approximate surface area is 143 Å². The second-order valence-corrected chi connectivity index (χ2v) is 5.65. The average Bonchev–Trinajstić information content (AvgIpc) is 2.23. The Kier molecular flexibility index (Phi) is 7.50. The van der Waals surface area contributed by atoms with Crippen molar-refractivity contribution in [1.82, 2.24) is 5.32 Å². The standard InChI is InChI=1S/C12H17BrN2O3.Na/c1-4-5-7(2)12(6-8(3)13)9(16)14-11(18)15-10(12)17;/h7H,3-6H2,1-2H3,(H2,14,15,16,17,18);/q;+1/p-1. The maximum Gasteiger partial charge on any atom is 1.00 e. The van der Waals surface area contributed by atoms with Gasteiger partial charge in [-0.1, -0.05) is 42.8 Å². The van der Waals surface area contributed by atoms with Crippen LogP contribution in [0.3, 0.4) is 0 Å². The van der Waals surface area contributed by atoms with Gasteiger partial charge in [0.25, 0.3) is 0 Å². The van der Waals surface area contributed by atoms with Crippen LogP contribution in [0.5, 0.6) is 0 Å². The third-order valence-electron chi connectivity index (χ3n) is 3.24. The van der Waals surface area contributed by atoms with Crippen molar-refractivity contribution in [3.63, 3.8) is 0 Å². The van der Waals surface area contributed by atoms with E-state index in [1.54, 1.807) is 0 Å². The molecule has 100 valence electrons. The number of hydrogen-bond donors (Lipinski definition) is 1. The SMILES string of the molecule is C=C(Br)CC1(C(C)CCC)C(=O)NC(=O)N=C1[O-].[Na+]. The van der Waals surface area contributed by atoms with Crippen molar-refractivity contribution in [3.8, 4) is 0 Å². The fourth-order valence-corrected chi connectivity index (χ4v) is 2.71. The van der Waals surface area contributed by atoms with Crippen molar-refractivity contribution in [2.45, 2.75) is 33.1 Å². The molecule has 0 saturated heterocycles. The third-order valence-corrected chi connectivity index (χ3v) is 3.52. The Morgan fingerprint density at radius 1 is 1.58 bits per heavy atom. The summed E-state index contributed by atoms with van der Waals surface area (Å²) in [6.07, 6.45) is 1.69. The van der Waals surface area contributed by atoms with E-state index in [4.69, 9.17) is 0 Å². The number of hydrogen-bond acceptors (Lipinski definition) is 3. The fraction of sp³-hybridized carbons (Fsp3) is 0.583. The van der Waals surface area contributed by atoms with Crippen LogP contribution in [0.25, 0.3) is 0 Å². The first-order chi connectivity index (χ1) is 8.34. The number of halogens is 1. The smallest absolute Gasteiger partial charge is 0.861 e. The van der Waals surface area contributed by atoms with E-state index in [2.05, 4.69) is 32.8 Å². The fourth-order valence-electron chi connectivity index (χ4n) is 2.27. The molecule has 1 aliphatic heterocycles. The molecule has 2 atom stereocenters. The van der Waals surface area contributed by atoms with Crippen LogP contribution in [0.1, 0.15) is 33.1 Å². The van der Waals surface area contributed by atoms with Crippen LogP contribution in [-0.2, 0) is 4.79 Å². The molecule has 7 heteroatoms. The molecule has 1 aliphatic rings. The summed E-state index contributed by atoms with van der Waals surface area (Å²) in [4.78, 5) is 26.6. The molecule has 0 aromatic carbocycles. The molecule has 19 heavy (non-hydrogen) atoms. The van der Waals surface area contributed by atoms with Crippen LogP contribution < -0.4 is 40.0 Å². The summed E-state index contributed by atoms with van der Waals surface area (Å²) in [6, 6.07) is -0.885. The first-order valence-electron chi connectivity index (χ1n) is 5.79. The first-order valence-corrected chi connectivity index (χ1v) is 6.58. The summed E-state index contributed by atoms with van der Waals surface area (Å²) in [6.45, 7) is 7.48. The summed E-state index contributed by atoms with van der Waals surface area (Å²) in [7, 11) is 0. The number of nitrogens with zero attached hydrogens (tertiary/aromatic N) is 1. The van der Waals surface area contributed by atoms with Crippen molar-refractivity contribution < 1.29 is 44.3 Å². The van der Waals surface area contributed by atoms with Gasteiger partial charge in [-0.15, -0.1) is 0 Å². The largest absolute Gasteiger partial charge is 1.00 e. The van der Waals surface area contributed by atoms with E-state index < -0.39 is 23.3 Å². The Hall–Kier alpha value is -0.170.